The fourth-order valence-electron chi connectivity index (χ4n) is 4.28. The third-order valence-electron chi connectivity index (χ3n) is 5.79. The smallest absolute Gasteiger partial charge is 0.295 e. The van der Waals surface area contributed by atoms with Crippen molar-refractivity contribution in [2.75, 3.05) is 27.2 Å². The van der Waals surface area contributed by atoms with Gasteiger partial charge in [-0.25, -0.2) is 4.98 Å². The number of carbonyl (C=O) groups is 2. The highest BCUT2D eigenvalue weighted by Gasteiger charge is 2.46. The second-order valence-electron chi connectivity index (χ2n) is 8.37. The van der Waals surface area contributed by atoms with Crippen LogP contribution in [0.4, 0.5) is 0 Å². The Kier molecular flexibility index (Phi) is 5.80. The molecule has 1 atom stereocenters. The van der Waals surface area contributed by atoms with Crippen LogP contribution in [0.25, 0.3) is 11.4 Å². The summed E-state index contributed by atoms with van der Waals surface area (Å²) in [4.78, 5) is 38.5. The van der Waals surface area contributed by atoms with Gasteiger partial charge in [-0.1, -0.05) is 12.1 Å². The summed E-state index contributed by atoms with van der Waals surface area (Å²) >= 11 is 0. The number of hydrogen-bond donors (Lipinski definition) is 1. The molecule has 1 saturated heterocycles. The molecule has 4 rings (SSSR count). The van der Waals surface area contributed by atoms with Gasteiger partial charge in [0.25, 0.3) is 11.7 Å². The fourth-order valence-corrected chi connectivity index (χ4v) is 4.28. The minimum absolute atomic E-state index is 0.0688. The van der Waals surface area contributed by atoms with E-state index in [-0.39, 0.29) is 11.3 Å². The molecule has 1 amide bonds. The molecule has 3 aromatic heterocycles. The third-order valence-corrected chi connectivity index (χ3v) is 5.79. The molecule has 32 heavy (non-hydrogen) atoms. The molecule has 0 spiro atoms. The summed E-state index contributed by atoms with van der Waals surface area (Å²) in [5, 5.41) is 11.4. The van der Waals surface area contributed by atoms with Crippen molar-refractivity contribution in [3.8, 4) is 0 Å². The zero-order chi connectivity index (χ0) is 23.0. The number of pyridine rings is 2. The standard InChI is InChI=1S/C24H27N5O3/c1-15-8-6-12-28-19(16(2)26-23(15)28)21(30)18-20(17-9-5-10-25-14-17)29(24(32)22(18)31)13-7-11-27(3)4/h5-6,8-10,12,14,20,30H,7,11,13H2,1-4H3. The second-order valence-corrected chi connectivity index (χ2v) is 8.37. The Morgan fingerprint density at radius 2 is 1.97 bits per heavy atom. The van der Waals surface area contributed by atoms with E-state index in [1.165, 1.54) is 4.90 Å². The number of amides is 1. The number of aliphatic hydroxyl groups excluding tert-OH is 1. The van der Waals surface area contributed by atoms with E-state index >= 15 is 0 Å². The van der Waals surface area contributed by atoms with E-state index in [2.05, 4.69) is 9.97 Å². The summed E-state index contributed by atoms with van der Waals surface area (Å²) in [5.41, 5.74) is 3.40. The lowest BCUT2D eigenvalue weighted by molar-refractivity contribution is -0.139. The molecule has 4 heterocycles. The van der Waals surface area contributed by atoms with Crippen LogP contribution < -0.4 is 0 Å². The molecular weight excluding hydrogens is 406 g/mol. The SMILES string of the molecule is Cc1nc2c(C)cccn2c1C(O)=C1C(=O)C(=O)N(CCCN(C)C)C1c1cccnc1. The Bertz CT molecular complexity index is 1210. The van der Waals surface area contributed by atoms with Gasteiger partial charge >= 0.3 is 0 Å². The maximum atomic E-state index is 13.2. The molecule has 1 aliphatic rings. The van der Waals surface area contributed by atoms with E-state index < -0.39 is 17.7 Å². The molecule has 0 saturated carbocycles. The van der Waals surface area contributed by atoms with Crippen LogP contribution in [0.3, 0.4) is 0 Å². The molecule has 1 fully saturated rings. The third kappa shape index (κ3) is 3.67. The average molecular weight is 434 g/mol. The average Bonchev–Trinajstić information content (AvgIpc) is 3.23. The predicted molar refractivity (Wildman–Crippen MR) is 121 cm³/mol. The fraction of sp³-hybridized carbons (Fsp3) is 0.333. The molecule has 1 aliphatic heterocycles. The van der Waals surface area contributed by atoms with Crippen molar-refractivity contribution in [3.05, 3.63) is 70.9 Å². The van der Waals surface area contributed by atoms with Crippen LogP contribution in [0.2, 0.25) is 0 Å². The lowest BCUT2D eigenvalue weighted by Gasteiger charge is -2.25. The summed E-state index contributed by atoms with van der Waals surface area (Å²) in [6.45, 7) is 4.89. The van der Waals surface area contributed by atoms with Gasteiger partial charge in [0.2, 0.25) is 0 Å². The van der Waals surface area contributed by atoms with Crippen LogP contribution in [-0.4, -0.2) is 68.2 Å². The van der Waals surface area contributed by atoms with Gasteiger partial charge < -0.3 is 14.9 Å². The van der Waals surface area contributed by atoms with Crippen LogP contribution in [0, 0.1) is 13.8 Å². The van der Waals surface area contributed by atoms with Gasteiger partial charge in [0.1, 0.15) is 11.3 Å². The Balaban J connectivity index is 1.88. The zero-order valence-corrected chi connectivity index (χ0v) is 18.7. The highest BCUT2D eigenvalue weighted by Crippen LogP contribution is 2.39. The Labute approximate surface area is 186 Å². The van der Waals surface area contributed by atoms with E-state index in [0.717, 1.165) is 12.1 Å². The lowest BCUT2D eigenvalue weighted by Crippen LogP contribution is -2.32. The number of rotatable bonds is 6. The summed E-state index contributed by atoms with van der Waals surface area (Å²) in [7, 11) is 3.92. The molecule has 0 bridgehead atoms. The van der Waals surface area contributed by atoms with Crippen molar-refractivity contribution in [1.29, 1.82) is 0 Å². The molecule has 8 nitrogen and oxygen atoms in total. The maximum Gasteiger partial charge on any atom is 0.295 e. The molecular formula is C24H27N5O3. The van der Waals surface area contributed by atoms with E-state index in [0.29, 0.717) is 35.6 Å². The van der Waals surface area contributed by atoms with Crippen LogP contribution in [0.15, 0.2) is 48.4 Å². The summed E-state index contributed by atoms with van der Waals surface area (Å²) in [5.74, 6) is -1.52. The summed E-state index contributed by atoms with van der Waals surface area (Å²) in [6, 6.07) is 6.67. The summed E-state index contributed by atoms with van der Waals surface area (Å²) < 4.78 is 1.76. The minimum atomic E-state index is -0.708. The predicted octanol–water partition coefficient (Wildman–Crippen LogP) is 2.72. The monoisotopic (exact) mass is 433 g/mol. The van der Waals surface area contributed by atoms with Crippen molar-refractivity contribution < 1.29 is 14.7 Å². The van der Waals surface area contributed by atoms with Gasteiger partial charge in [0, 0.05) is 25.1 Å². The van der Waals surface area contributed by atoms with Crippen molar-refractivity contribution in [3.63, 3.8) is 0 Å². The lowest BCUT2D eigenvalue weighted by atomic mass is 9.97. The number of ketones is 1. The van der Waals surface area contributed by atoms with E-state index in [4.69, 9.17) is 0 Å². The molecule has 1 unspecified atom stereocenters. The number of hydrogen-bond acceptors (Lipinski definition) is 6. The highest BCUT2D eigenvalue weighted by atomic mass is 16.3. The first-order valence-electron chi connectivity index (χ1n) is 10.6. The second kappa shape index (κ2) is 8.55. The largest absolute Gasteiger partial charge is 0.505 e. The van der Waals surface area contributed by atoms with Gasteiger partial charge in [-0.05, 0) is 64.2 Å². The Morgan fingerprint density at radius 3 is 2.66 bits per heavy atom. The maximum absolute atomic E-state index is 13.2. The van der Waals surface area contributed by atoms with E-state index in [1.807, 2.05) is 44.1 Å². The number of aliphatic hydroxyl groups is 1. The molecule has 0 aliphatic carbocycles. The number of likely N-dealkylation sites (tertiary alicyclic amines) is 1. The number of carbonyl (C=O) groups excluding carboxylic acids is 2. The number of aryl methyl sites for hydroxylation is 2. The van der Waals surface area contributed by atoms with Crippen LogP contribution in [-0.2, 0) is 9.59 Å². The van der Waals surface area contributed by atoms with Crippen LogP contribution in [0.1, 0.15) is 35.0 Å². The molecule has 0 radical (unpaired) electrons. The van der Waals surface area contributed by atoms with Crippen LogP contribution >= 0.6 is 0 Å². The molecule has 166 valence electrons. The summed E-state index contributed by atoms with van der Waals surface area (Å²) in [6.07, 6.45) is 5.77. The minimum Gasteiger partial charge on any atom is -0.505 e. The van der Waals surface area contributed by atoms with Crippen LogP contribution in [0.5, 0.6) is 0 Å². The van der Waals surface area contributed by atoms with E-state index in [1.54, 1.807) is 36.0 Å². The number of Topliss-reactive ketones (excluding diaryl/α,β-unsaturated/α-hetero) is 1. The van der Waals surface area contributed by atoms with Gasteiger partial charge in [-0.2, -0.15) is 0 Å². The molecule has 8 heteroatoms. The number of imidazole rings is 1. The molecule has 1 N–H and O–H groups in total. The Hall–Kier alpha value is -3.52. The zero-order valence-electron chi connectivity index (χ0n) is 18.7. The molecule has 3 aromatic rings. The first-order chi connectivity index (χ1) is 15.3. The van der Waals surface area contributed by atoms with Gasteiger partial charge in [-0.15, -0.1) is 0 Å². The molecule has 0 aromatic carbocycles. The normalized spacial score (nSPS) is 18.3. The Morgan fingerprint density at radius 1 is 1.19 bits per heavy atom. The van der Waals surface area contributed by atoms with Gasteiger partial charge in [0.15, 0.2) is 5.76 Å². The van der Waals surface area contributed by atoms with E-state index in [9.17, 15) is 14.7 Å². The van der Waals surface area contributed by atoms with Crippen molar-refractivity contribution in [2.24, 2.45) is 0 Å². The van der Waals surface area contributed by atoms with Crippen molar-refractivity contribution >= 4 is 23.1 Å². The first kappa shape index (κ1) is 21.7. The van der Waals surface area contributed by atoms with Crippen molar-refractivity contribution in [1.82, 2.24) is 24.2 Å². The topological polar surface area (TPSA) is 91.0 Å². The van der Waals surface area contributed by atoms with Gasteiger partial charge in [0.05, 0.1) is 17.3 Å². The number of fused-ring (bicyclic) bond motifs is 1. The first-order valence-corrected chi connectivity index (χ1v) is 10.6. The van der Waals surface area contributed by atoms with Crippen molar-refractivity contribution in [2.45, 2.75) is 26.3 Å². The van der Waals surface area contributed by atoms with Gasteiger partial charge in [-0.3, -0.25) is 19.0 Å². The number of nitrogens with zero attached hydrogens (tertiary/aromatic N) is 5. The quantitative estimate of drug-likeness (QED) is 0.365. The highest BCUT2D eigenvalue weighted by molar-refractivity contribution is 6.46. The number of aromatic nitrogens is 3.